The fourth-order valence-electron chi connectivity index (χ4n) is 2.75. The van der Waals surface area contributed by atoms with E-state index < -0.39 is 0 Å². The van der Waals surface area contributed by atoms with Gasteiger partial charge in [0.2, 0.25) is 0 Å². The Bertz CT molecular complexity index is 466. The van der Waals surface area contributed by atoms with Crippen LogP contribution >= 0.6 is 0 Å². The molecule has 1 atom stereocenters. The van der Waals surface area contributed by atoms with Crippen LogP contribution in [-0.2, 0) is 4.74 Å². The van der Waals surface area contributed by atoms with Crippen molar-refractivity contribution in [1.82, 2.24) is 0 Å². The minimum atomic E-state index is 0.0616. The lowest BCUT2D eigenvalue weighted by atomic mass is 9.96. The van der Waals surface area contributed by atoms with Gasteiger partial charge in [0.15, 0.2) is 0 Å². The average molecular weight is 284 g/mol. The van der Waals surface area contributed by atoms with Crippen molar-refractivity contribution in [3.63, 3.8) is 0 Å². The zero-order valence-corrected chi connectivity index (χ0v) is 13.7. The van der Waals surface area contributed by atoms with Gasteiger partial charge in [-0.05, 0) is 39.2 Å². The van der Waals surface area contributed by atoms with Crippen molar-refractivity contribution in [2.75, 3.05) is 0 Å². The van der Waals surface area contributed by atoms with Gasteiger partial charge in [0.1, 0.15) is 0 Å². The zero-order valence-electron chi connectivity index (χ0n) is 13.7. The molecule has 0 saturated heterocycles. The summed E-state index contributed by atoms with van der Waals surface area (Å²) < 4.78 is 6.39. The van der Waals surface area contributed by atoms with E-state index >= 15 is 0 Å². The number of rotatable bonds is 4. The summed E-state index contributed by atoms with van der Waals surface area (Å²) in [4.78, 5) is 0. The highest BCUT2D eigenvalue weighted by Crippen LogP contribution is 2.29. The molecular weight excluding hydrogens is 256 g/mol. The Kier molecular flexibility index (Phi) is 5.88. The molecule has 1 aromatic carbocycles. The second-order valence-electron chi connectivity index (χ2n) is 7.05. The topological polar surface area (TPSA) is 9.23 Å². The quantitative estimate of drug-likeness (QED) is 0.662. The van der Waals surface area contributed by atoms with Crippen LogP contribution < -0.4 is 0 Å². The van der Waals surface area contributed by atoms with Gasteiger partial charge in [-0.3, -0.25) is 0 Å². The maximum atomic E-state index is 6.39. The first-order chi connectivity index (χ1) is 10.0. The summed E-state index contributed by atoms with van der Waals surface area (Å²) in [5.74, 6) is 6.67. The van der Waals surface area contributed by atoms with Crippen molar-refractivity contribution in [3.8, 4) is 11.8 Å². The van der Waals surface area contributed by atoms with Crippen molar-refractivity contribution in [1.29, 1.82) is 0 Å². The summed E-state index contributed by atoms with van der Waals surface area (Å²) in [5, 5.41) is 0. The Morgan fingerprint density at radius 3 is 2.38 bits per heavy atom. The van der Waals surface area contributed by atoms with Crippen LogP contribution in [0.1, 0.15) is 71.0 Å². The SMILES string of the molecule is CC(C)(C)C#CCC(OC1CCCCC1)c1ccccc1. The average Bonchev–Trinajstić information content (AvgIpc) is 2.47. The summed E-state index contributed by atoms with van der Waals surface area (Å²) in [6.07, 6.45) is 7.70. The van der Waals surface area contributed by atoms with Gasteiger partial charge in [-0.15, -0.1) is 0 Å². The normalized spacial score (nSPS) is 17.9. The van der Waals surface area contributed by atoms with E-state index in [-0.39, 0.29) is 11.5 Å². The molecule has 1 fully saturated rings. The smallest absolute Gasteiger partial charge is 0.0937 e. The van der Waals surface area contributed by atoms with E-state index in [1.54, 1.807) is 0 Å². The standard InChI is InChI=1S/C20H28O/c1-20(2,3)16-10-15-19(17-11-6-4-7-12-17)21-18-13-8-5-9-14-18/h4,6-7,11-12,18-19H,5,8-9,13-15H2,1-3H3. The van der Waals surface area contributed by atoms with Gasteiger partial charge in [-0.2, -0.15) is 0 Å². The molecular formula is C20H28O. The van der Waals surface area contributed by atoms with Gasteiger partial charge in [-0.1, -0.05) is 61.4 Å². The molecule has 1 unspecified atom stereocenters. The van der Waals surface area contributed by atoms with Crippen LogP contribution in [-0.4, -0.2) is 6.10 Å². The molecule has 2 rings (SSSR count). The fourth-order valence-corrected chi connectivity index (χ4v) is 2.75. The lowest BCUT2D eigenvalue weighted by Crippen LogP contribution is -2.19. The molecule has 1 heteroatoms. The molecule has 0 aromatic heterocycles. The van der Waals surface area contributed by atoms with Crippen LogP contribution in [0, 0.1) is 17.3 Å². The van der Waals surface area contributed by atoms with Crippen molar-refractivity contribution in [2.45, 2.75) is 71.5 Å². The van der Waals surface area contributed by atoms with E-state index in [9.17, 15) is 0 Å². The molecule has 1 saturated carbocycles. The van der Waals surface area contributed by atoms with E-state index in [2.05, 4.69) is 62.9 Å². The first-order valence-corrected chi connectivity index (χ1v) is 8.25. The van der Waals surface area contributed by atoms with Crippen LogP contribution in [0.3, 0.4) is 0 Å². The molecule has 0 amide bonds. The Morgan fingerprint density at radius 2 is 1.76 bits per heavy atom. The summed E-state index contributed by atoms with van der Waals surface area (Å²) >= 11 is 0. The van der Waals surface area contributed by atoms with Crippen LogP contribution in [0.2, 0.25) is 0 Å². The van der Waals surface area contributed by atoms with Gasteiger partial charge in [-0.25, -0.2) is 0 Å². The second kappa shape index (κ2) is 7.66. The molecule has 0 bridgehead atoms. The molecule has 1 aromatic rings. The number of benzene rings is 1. The third-order valence-corrected chi connectivity index (χ3v) is 3.83. The molecule has 0 spiro atoms. The molecule has 114 valence electrons. The molecule has 0 N–H and O–H groups in total. The van der Waals surface area contributed by atoms with Crippen LogP contribution in [0.25, 0.3) is 0 Å². The predicted octanol–water partition coefficient (Wildman–Crippen LogP) is 5.52. The van der Waals surface area contributed by atoms with Crippen LogP contribution in [0.15, 0.2) is 30.3 Å². The first kappa shape index (κ1) is 16.1. The largest absolute Gasteiger partial charge is 0.369 e. The van der Waals surface area contributed by atoms with Gasteiger partial charge < -0.3 is 4.74 Å². The molecule has 0 radical (unpaired) electrons. The maximum absolute atomic E-state index is 6.39. The lowest BCUT2D eigenvalue weighted by Gasteiger charge is -2.27. The van der Waals surface area contributed by atoms with Crippen LogP contribution in [0.4, 0.5) is 0 Å². The Morgan fingerprint density at radius 1 is 1.10 bits per heavy atom. The highest BCUT2D eigenvalue weighted by Gasteiger charge is 2.20. The number of hydrogen-bond acceptors (Lipinski definition) is 1. The van der Waals surface area contributed by atoms with E-state index in [0.717, 1.165) is 6.42 Å². The van der Waals surface area contributed by atoms with Crippen molar-refractivity contribution in [2.24, 2.45) is 5.41 Å². The number of hydrogen-bond donors (Lipinski definition) is 0. The summed E-state index contributed by atoms with van der Waals surface area (Å²) in [7, 11) is 0. The van der Waals surface area contributed by atoms with E-state index in [1.807, 2.05) is 0 Å². The molecule has 0 aliphatic heterocycles. The van der Waals surface area contributed by atoms with Gasteiger partial charge in [0, 0.05) is 11.8 Å². The first-order valence-electron chi connectivity index (χ1n) is 8.25. The summed E-state index contributed by atoms with van der Waals surface area (Å²) in [5.41, 5.74) is 1.32. The molecule has 1 aliphatic carbocycles. The zero-order chi connectivity index (χ0) is 15.1. The van der Waals surface area contributed by atoms with E-state index in [4.69, 9.17) is 4.74 Å². The maximum Gasteiger partial charge on any atom is 0.0937 e. The van der Waals surface area contributed by atoms with Crippen molar-refractivity contribution in [3.05, 3.63) is 35.9 Å². The molecule has 21 heavy (non-hydrogen) atoms. The fraction of sp³-hybridized carbons (Fsp3) is 0.600. The minimum Gasteiger partial charge on any atom is -0.369 e. The Balaban J connectivity index is 2.04. The van der Waals surface area contributed by atoms with Crippen LogP contribution in [0.5, 0.6) is 0 Å². The third-order valence-electron chi connectivity index (χ3n) is 3.83. The highest BCUT2D eigenvalue weighted by atomic mass is 16.5. The molecule has 1 aliphatic rings. The third kappa shape index (κ3) is 5.94. The minimum absolute atomic E-state index is 0.0616. The van der Waals surface area contributed by atoms with Gasteiger partial charge in [0.25, 0.3) is 0 Å². The number of ether oxygens (including phenoxy) is 1. The van der Waals surface area contributed by atoms with E-state index in [1.165, 1.54) is 37.7 Å². The second-order valence-corrected chi connectivity index (χ2v) is 7.05. The monoisotopic (exact) mass is 284 g/mol. The summed E-state index contributed by atoms with van der Waals surface area (Å²) in [6.45, 7) is 6.46. The van der Waals surface area contributed by atoms with Crippen molar-refractivity contribution < 1.29 is 4.74 Å². The predicted molar refractivity (Wildman–Crippen MR) is 89.0 cm³/mol. The Hall–Kier alpha value is -1.26. The summed E-state index contributed by atoms with van der Waals surface area (Å²) in [6, 6.07) is 10.5. The lowest BCUT2D eigenvalue weighted by molar-refractivity contribution is -0.0289. The van der Waals surface area contributed by atoms with Gasteiger partial charge in [0.05, 0.1) is 12.2 Å². The molecule has 0 heterocycles. The van der Waals surface area contributed by atoms with Crippen molar-refractivity contribution >= 4 is 0 Å². The Labute approximate surface area is 130 Å². The highest BCUT2D eigenvalue weighted by molar-refractivity contribution is 5.20. The van der Waals surface area contributed by atoms with E-state index in [0.29, 0.717) is 6.10 Å². The van der Waals surface area contributed by atoms with Gasteiger partial charge >= 0.3 is 0 Å². The molecule has 1 nitrogen and oxygen atoms in total.